The molecule has 1 aliphatic rings. The van der Waals surface area contributed by atoms with Crippen molar-refractivity contribution >= 4 is 28.6 Å². The van der Waals surface area contributed by atoms with Gasteiger partial charge in [0.1, 0.15) is 23.5 Å². The molecule has 3 amide bonds. The number of H-pyrrole nitrogens is 1. The average molecular weight is 539 g/mol. The molecule has 10 heteroatoms. The van der Waals surface area contributed by atoms with Crippen LogP contribution in [0.15, 0.2) is 24.3 Å². The number of hydrogen-bond donors (Lipinski definition) is 4. The van der Waals surface area contributed by atoms with Gasteiger partial charge in [-0.05, 0) is 71.2 Å². The van der Waals surface area contributed by atoms with Crippen molar-refractivity contribution in [2.75, 3.05) is 20.7 Å². The maximum absolute atomic E-state index is 13.7. The van der Waals surface area contributed by atoms with E-state index in [1.807, 2.05) is 64.8 Å². The topological polar surface area (TPSA) is 139 Å². The molecule has 10 nitrogen and oxygen atoms in total. The molecule has 1 fully saturated rings. The van der Waals surface area contributed by atoms with E-state index in [0.29, 0.717) is 37.3 Å². The third kappa shape index (κ3) is 7.30. The molecule has 1 aliphatic heterocycles. The second-order valence-electron chi connectivity index (χ2n) is 11.7. The van der Waals surface area contributed by atoms with Gasteiger partial charge in [-0.15, -0.1) is 0 Å². The van der Waals surface area contributed by atoms with Gasteiger partial charge >= 0.3 is 0 Å². The number of amides is 3. The zero-order valence-electron chi connectivity index (χ0n) is 24.1. The number of carbonyl (C=O) groups is 3. The Labute approximate surface area is 230 Å². The molecule has 212 valence electrons. The Morgan fingerprint density at radius 3 is 2.54 bits per heavy atom. The fraction of sp³-hybridized carbons (Fsp3) is 0.586. The molecule has 1 aromatic heterocycles. The molecule has 0 aliphatic carbocycles. The van der Waals surface area contributed by atoms with Gasteiger partial charge in [0.15, 0.2) is 0 Å². The maximum atomic E-state index is 13.7. The molecule has 2 heterocycles. The summed E-state index contributed by atoms with van der Waals surface area (Å²) in [6.07, 6.45) is 1.39. The SMILES string of the molecule is COc1cccc2[nH]c(C(=O)NC(CC(C)C)C(=O)NC(CC3CCNC3=O)C(C#N)N(C)C(C)(C)C)cc12. The van der Waals surface area contributed by atoms with Gasteiger partial charge in [-0.1, -0.05) is 19.9 Å². The third-order valence-electron chi connectivity index (χ3n) is 7.44. The van der Waals surface area contributed by atoms with Crippen LogP contribution in [-0.4, -0.2) is 72.0 Å². The fourth-order valence-corrected chi connectivity index (χ4v) is 4.96. The van der Waals surface area contributed by atoms with Crippen LogP contribution in [0.1, 0.15) is 64.4 Å². The highest BCUT2D eigenvalue weighted by molar-refractivity contribution is 6.01. The molecule has 0 saturated carbocycles. The van der Waals surface area contributed by atoms with Crippen molar-refractivity contribution in [1.82, 2.24) is 25.8 Å². The molecule has 1 aromatic carbocycles. The lowest BCUT2D eigenvalue weighted by Crippen LogP contribution is -2.59. The number of benzene rings is 1. The van der Waals surface area contributed by atoms with Crippen molar-refractivity contribution in [3.63, 3.8) is 0 Å². The van der Waals surface area contributed by atoms with Crippen molar-refractivity contribution in [3.8, 4) is 11.8 Å². The molecule has 1 saturated heterocycles. The second kappa shape index (κ2) is 12.5. The number of aromatic nitrogens is 1. The summed E-state index contributed by atoms with van der Waals surface area (Å²) in [5, 5.41) is 19.7. The Hall–Kier alpha value is -3.58. The van der Waals surface area contributed by atoms with Crippen molar-refractivity contribution in [2.45, 2.75) is 77.5 Å². The number of carbonyl (C=O) groups excluding carboxylic acids is 3. The van der Waals surface area contributed by atoms with E-state index < -0.39 is 24.0 Å². The number of nitriles is 1. The Balaban J connectivity index is 1.85. The zero-order valence-corrected chi connectivity index (χ0v) is 24.1. The summed E-state index contributed by atoms with van der Waals surface area (Å²) in [6.45, 7) is 10.5. The third-order valence-corrected chi connectivity index (χ3v) is 7.44. The number of nitrogens with one attached hydrogen (secondary N) is 4. The first-order valence-corrected chi connectivity index (χ1v) is 13.5. The first-order valence-electron chi connectivity index (χ1n) is 13.5. The van der Waals surface area contributed by atoms with Crippen LogP contribution in [0.4, 0.5) is 0 Å². The highest BCUT2D eigenvalue weighted by atomic mass is 16.5. The monoisotopic (exact) mass is 538 g/mol. The Bertz CT molecular complexity index is 1220. The Morgan fingerprint density at radius 2 is 1.97 bits per heavy atom. The molecule has 0 spiro atoms. The van der Waals surface area contributed by atoms with Crippen LogP contribution >= 0.6 is 0 Å². The molecule has 2 aromatic rings. The lowest BCUT2D eigenvalue weighted by Gasteiger charge is -2.40. The smallest absolute Gasteiger partial charge is 0.268 e. The van der Waals surface area contributed by atoms with Gasteiger partial charge in [0.05, 0.1) is 19.2 Å². The average Bonchev–Trinajstić information content (AvgIpc) is 3.49. The minimum Gasteiger partial charge on any atom is -0.496 e. The van der Waals surface area contributed by atoms with Crippen molar-refractivity contribution < 1.29 is 19.1 Å². The molecule has 39 heavy (non-hydrogen) atoms. The number of rotatable bonds is 11. The number of aromatic amines is 1. The van der Waals surface area contributed by atoms with E-state index in [1.54, 1.807) is 13.2 Å². The summed E-state index contributed by atoms with van der Waals surface area (Å²) in [4.78, 5) is 44.4. The summed E-state index contributed by atoms with van der Waals surface area (Å²) in [5.74, 6) is -0.388. The van der Waals surface area contributed by atoms with Crippen molar-refractivity contribution in [3.05, 3.63) is 30.0 Å². The standard InChI is InChI=1S/C29H42N6O4/c1-17(2)13-22(34-28(38)23-15-19-20(32-23)9-8-10-25(19)39-7)27(37)33-21(14-18-11-12-31-26(18)36)24(16-30)35(6)29(3,4)5/h8-10,15,17-18,21-22,24,32H,11-14H2,1-7H3,(H,31,36)(H,33,37)(H,34,38). The molecule has 3 rings (SSSR count). The molecule has 0 bridgehead atoms. The normalized spacial score (nSPS) is 17.9. The Morgan fingerprint density at radius 1 is 1.26 bits per heavy atom. The highest BCUT2D eigenvalue weighted by Crippen LogP contribution is 2.26. The minimum absolute atomic E-state index is 0.0642. The van der Waals surface area contributed by atoms with E-state index in [2.05, 4.69) is 27.0 Å². The van der Waals surface area contributed by atoms with Crippen molar-refractivity contribution in [1.29, 1.82) is 5.26 Å². The minimum atomic E-state index is -0.829. The van der Waals surface area contributed by atoms with E-state index in [-0.39, 0.29) is 29.2 Å². The van der Waals surface area contributed by atoms with Crippen molar-refractivity contribution in [2.24, 2.45) is 11.8 Å². The maximum Gasteiger partial charge on any atom is 0.268 e. The van der Waals surface area contributed by atoms with Crippen LogP contribution in [0.2, 0.25) is 0 Å². The van der Waals surface area contributed by atoms with Gasteiger partial charge in [0.25, 0.3) is 5.91 Å². The second-order valence-corrected chi connectivity index (χ2v) is 11.7. The lowest BCUT2D eigenvalue weighted by atomic mass is 9.91. The van der Waals surface area contributed by atoms with Gasteiger partial charge in [-0.3, -0.25) is 19.3 Å². The zero-order chi connectivity index (χ0) is 28.9. The number of likely N-dealkylation sites (N-methyl/N-ethyl adjacent to an activating group) is 1. The highest BCUT2D eigenvalue weighted by Gasteiger charge is 2.38. The van der Waals surface area contributed by atoms with E-state index in [0.717, 1.165) is 10.9 Å². The Kier molecular flexibility index (Phi) is 9.62. The molecule has 4 N–H and O–H groups in total. The summed E-state index contributed by atoms with van der Waals surface area (Å²) in [7, 11) is 3.42. The van der Waals surface area contributed by atoms with Crippen LogP contribution in [0.5, 0.6) is 5.75 Å². The quantitative estimate of drug-likeness (QED) is 0.347. The number of hydrogen-bond acceptors (Lipinski definition) is 6. The molecular formula is C29H42N6O4. The van der Waals surface area contributed by atoms with Crippen LogP contribution in [0.25, 0.3) is 10.9 Å². The molecular weight excluding hydrogens is 496 g/mol. The first kappa shape index (κ1) is 30.0. The predicted molar refractivity (Wildman–Crippen MR) is 150 cm³/mol. The van der Waals surface area contributed by atoms with E-state index in [9.17, 15) is 19.6 Å². The summed E-state index contributed by atoms with van der Waals surface area (Å²) in [6, 6.07) is 7.46. The van der Waals surface area contributed by atoms with Crippen LogP contribution < -0.4 is 20.7 Å². The summed E-state index contributed by atoms with van der Waals surface area (Å²) < 4.78 is 5.40. The number of fused-ring (bicyclic) bond motifs is 1. The summed E-state index contributed by atoms with van der Waals surface area (Å²) >= 11 is 0. The van der Waals surface area contributed by atoms with Gasteiger partial charge in [0.2, 0.25) is 11.8 Å². The van der Waals surface area contributed by atoms with Crippen LogP contribution in [0, 0.1) is 23.2 Å². The molecule has 0 radical (unpaired) electrons. The van der Waals surface area contributed by atoms with Gasteiger partial charge < -0.3 is 25.7 Å². The predicted octanol–water partition coefficient (Wildman–Crippen LogP) is 2.95. The fourth-order valence-electron chi connectivity index (χ4n) is 4.96. The number of methoxy groups -OCH3 is 1. The van der Waals surface area contributed by atoms with E-state index in [4.69, 9.17) is 4.74 Å². The summed E-state index contributed by atoms with van der Waals surface area (Å²) in [5.41, 5.74) is 0.725. The molecule has 4 unspecified atom stereocenters. The van der Waals surface area contributed by atoms with Crippen LogP contribution in [-0.2, 0) is 9.59 Å². The number of nitrogens with zero attached hydrogens (tertiary/aromatic N) is 2. The van der Waals surface area contributed by atoms with E-state index in [1.165, 1.54) is 0 Å². The van der Waals surface area contributed by atoms with Crippen LogP contribution in [0.3, 0.4) is 0 Å². The first-order chi connectivity index (χ1) is 18.3. The van der Waals surface area contributed by atoms with Gasteiger partial charge in [-0.2, -0.15) is 5.26 Å². The molecule has 4 atom stereocenters. The lowest BCUT2D eigenvalue weighted by molar-refractivity contribution is -0.126. The van der Waals surface area contributed by atoms with Gasteiger partial charge in [-0.25, -0.2) is 0 Å². The van der Waals surface area contributed by atoms with E-state index >= 15 is 0 Å². The number of ether oxygens (including phenoxy) is 1. The van der Waals surface area contributed by atoms with Gasteiger partial charge in [0, 0.05) is 28.9 Å². The largest absolute Gasteiger partial charge is 0.496 e.